The topological polar surface area (TPSA) is 76.4 Å². The predicted molar refractivity (Wildman–Crippen MR) is 151 cm³/mol. The molecular weight excluding hydrogens is 498 g/mol. The fourth-order valence-electron chi connectivity index (χ4n) is 3.99. The summed E-state index contributed by atoms with van der Waals surface area (Å²) < 4.78 is 10.9. The molecule has 0 saturated carbocycles. The Morgan fingerprint density at radius 2 is 1.42 bits per heavy atom. The SMILES string of the molecule is CCCCCCCc1ccc(C(=O)Oc2ccc(-c3ccc(OC(=O)C(Cl)C(C)C)cc3)cc2)cc1C#N. The van der Waals surface area contributed by atoms with Crippen LogP contribution in [0, 0.1) is 17.2 Å². The van der Waals surface area contributed by atoms with E-state index in [0.717, 1.165) is 36.0 Å². The summed E-state index contributed by atoms with van der Waals surface area (Å²) in [5, 5.41) is 8.87. The van der Waals surface area contributed by atoms with Crippen LogP contribution >= 0.6 is 11.6 Å². The van der Waals surface area contributed by atoms with E-state index < -0.39 is 17.3 Å². The lowest BCUT2D eigenvalue weighted by Gasteiger charge is -2.12. The summed E-state index contributed by atoms with van der Waals surface area (Å²) in [4.78, 5) is 24.8. The molecule has 3 rings (SSSR count). The Bertz CT molecular complexity index is 1260. The fourth-order valence-corrected chi connectivity index (χ4v) is 4.03. The Morgan fingerprint density at radius 1 is 0.842 bits per heavy atom. The Kier molecular flexibility index (Phi) is 10.9. The van der Waals surface area contributed by atoms with E-state index >= 15 is 0 Å². The molecule has 0 saturated heterocycles. The average molecular weight is 532 g/mol. The number of ether oxygens (including phenoxy) is 2. The van der Waals surface area contributed by atoms with Gasteiger partial charge in [0.15, 0.2) is 0 Å². The van der Waals surface area contributed by atoms with Crippen molar-refractivity contribution in [1.82, 2.24) is 0 Å². The molecule has 0 amide bonds. The molecule has 0 aliphatic heterocycles. The van der Waals surface area contributed by atoms with Crippen molar-refractivity contribution in [3.05, 3.63) is 83.4 Å². The van der Waals surface area contributed by atoms with Crippen LogP contribution in [0.1, 0.15) is 74.4 Å². The molecule has 3 aromatic rings. The second kappa shape index (κ2) is 14.4. The molecule has 0 fully saturated rings. The minimum absolute atomic E-state index is 0.0195. The Hall–Kier alpha value is -3.62. The van der Waals surface area contributed by atoms with Crippen LogP contribution in [0.5, 0.6) is 11.5 Å². The first kappa shape index (κ1) is 28.9. The standard InChI is InChI=1S/C32H34ClNO4/c1-4-5-6-7-8-9-23-10-11-26(20-27(23)21-34)31(35)37-28-16-12-24(13-17-28)25-14-18-29(19-15-25)38-32(36)30(33)22(2)3/h10-20,22,30H,4-9H2,1-3H3. The number of hydrogen-bond acceptors (Lipinski definition) is 5. The van der Waals surface area contributed by atoms with Crippen molar-refractivity contribution >= 4 is 23.5 Å². The normalized spacial score (nSPS) is 11.6. The smallest absolute Gasteiger partial charge is 0.343 e. The molecule has 0 N–H and O–H groups in total. The summed E-state index contributed by atoms with van der Waals surface area (Å²) >= 11 is 6.06. The van der Waals surface area contributed by atoms with Gasteiger partial charge in [0, 0.05) is 0 Å². The van der Waals surface area contributed by atoms with E-state index in [9.17, 15) is 14.9 Å². The minimum Gasteiger partial charge on any atom is -0.425 e. The maximum absolute atomic E-state index is 12.7. The monoisotopic (exact) mass is 531 g/mol. The van der Waals surface area contributed by atoms with Gasteiger partial charge in [0.25, 0.3) is 0 Å². The van der Waals surface area contributed by atoms with Crippen molar-refractivity contribution in [3.63, 3.8) is 0 Å². The van der Waals surface area contributed by atoms with Gasteiger partial charge in [0.2, 0.25) is 0 Å². The number of benzene rings is 3. The van der Waals surface area contributed by atoms with Crippen molar-refractivity contribution in [3.8, 4) is 28.7 Å². The van der Waals surface area contributed by atoms with Crippen molar-refractivity contribution in [2.24, 2.45) is 5.92 Å². The first-order valence-corrected chi connectivity index (χ1v) is 13.6. The van der Waals surface area contributed by atoms with Crippen LogP contribution in [-0.2, 0) is 11.2 Å². The van der Waals surface area contributed by atoms with Gasteiger partial charge in [-0.05, 0) is 71.8 Å². The van der Waals surface area contributed by atoms with Gasteiger partial charge in [-0.25, -0.2) is 4.79 Å². The third-order valence-electron chi connectivity index (χ3n) is 6.30. The van der Waals surface area contributed by atoms with E-state index in [-0.39, 0.29) is 5.92 Å². The van der Waals surface area contributed by atoms with Crippen LogP contribution in [0.2, 0.25) is 0 Å². The highest BCUT2D eigenvalue weighted by molar-refractivity contribution is 6.30. The third-order valence-corrected chi connectivity index (χ3v) is 6.98. The van der Waals surface area contributed by atoms with Crippen LogP contribution in [0.4, 0.5) is 0 Å². The number of carbonyl (C=O) groups is 2. The van der Waals surface area contributed by atoms with E-state index in [4.69, 9.17) is 21.1 Å². The van der Waals surface area contributed by atoms with Crippen molar-refractivity contribution in [1.29, 1.82) is 5.26 Å². The van der Waals surface area contributed by atoms with Gasteiger partial charge in [0.05, 0.1) is 17.2 Å². The highest BCUT2D eigenvalue weighted by Crippen LogP contribution is 2.26. The Balaban J connectivity index is 1.59. The zero-order valence-electron chi connectivity index (χ0n) is 22.2. The van der Waals surface area contributed by atoms with Crippen molar-refractivity contribution in [2.75, 3.05) is 0 Å². The maximum Gasteiger partial charge on any atom is 0.343 e. The lowest BCUT2D eigenvalue weighted by Crippen LogP contribution is -2.25. The van der Waals surface area contributed by atoms with E-state index in [2.05, 4.69) is 13.0 Å². The van der Waals surface area contributed by atoms with E-state index in [1.165, 1.54) is 19.3 Å². The minimum atomic E-state index is -0.699. The van der Waals surface area contributed by atoms with Crippen molar-refractivity contribution < 1.29 is 19.1 Å². The number of alkyl halides is 1. The van der Waals surface area contributed by atoms with Crippen LogP contribution in [0.15, 0.2) is 66.7 Å². The van der Waals surface area contributed by atoms with Crippen LogP contribution in [-0.4, -0.2) is 17.3 Å². The van der Waals surface area contributed by atoms with Gasteiger partial charge in [-0.1, -0.05) is 76.8 Å². The molecular formula is C32H34ClNO4. The number of aryl methyl sites for hydroxylation is 1. The summed E-state index contributed by atoms with van der Waals surface area (Å²) in [5.41, 5.74) is 3.66. The van der Waals surface area contributed by atoms with Gasteiger partial charge in [-0.2, -0.15) is 5.26 Å². The Labute approximate surface area is 230 Å². The largest absolute Gasteiger partial charge is 0.425 e. The molecule has 0 spiro atoms. The molecule has 1 unspecified atom stereocenters. The molecule has 0 heterocycles. The molecule has 0 aliphatic rings. The molecule has 0 bridgehead atoms. The zero-order chi connectivity index (χ0) is 27.5. The first-order valence-electron chi connectivity index (χ1n) is 13.1. The van der Waals surface area contributed by atoms with Gasteiger partial charge >= 0.3 is 11.9 Å². The molecule has 6 heteroatoms. The lowest BCUT2D eigenvalue weighted by molar-refractivity contribution is -0.134. The summed E-state index contributed by atoms with van der Waals surface area (Å²) in [6.07, 6.45) is 6.64. The maximum atomic E-state index is 12.7. The van der Waals surface area contributed by atoms with Crippen molar-refractivity contribution in [2.45, 2.75) is 64.7 Å². The molecule has 198 valence electrons. The number of nitriles is 1. The number of unbranched alkanes of at least 4 members (excludes halogenated alkanes) is 4. The zero-order valence-corrected chi connectivity index (χ0v) is 23.0. The number of esters is 2. The number of hydrogen-bond donors (Lipinski definition) is 0. The number of nitrogens with zero attached hydrogens (tertiary/aromatic N) is 1. The molecule has 38 heavy (non-hydrogen) atoms. The summed E-state index contributed by atoms with van der Waals surface area (Å²) in [6, 6.07) is 21.7. The third kappa shape index (κ3) is 8.19. The molecule has 5 nitrogen and oxygen atoms in total. The predicted octanol–water partition coefficient (Wildman–Crippen LogP) is 8.13. The molecule has 1 atom stereocenters. The second-order valence-electron chi connectivity index (χ2n) is 9.65. The van der Waals surface area contributed by atoms with E-state index in [0.29, 0.717) is 22.6 Å². The number of halogens is 1. The highest BCUT2D eigenvalue weighted by atomic mass is 35.5. The van der Waals surface area contributed by atoms with Gasteiger partial charge in [0.1, 0.15) is 16.9 Å². The summed E-state index contributed by atoms with van der Waals surface area (Å²) in [7, 11) is 0. The van der Waals surface area contributed by atoms with Gasteiger partial charge in [-0.3, -0.25) is 4.79 Å². The summed E-state index contributed by atoms with van der Waals surface area (Å²) in [6.45, 7) is 5.91. The second-order valence-corrected chi connectivity index (χ2v) is 10.1. The van der Waals surface area contributed by atoms with Gasteiger partial charge < -0.3 is 9.47 Å². The van der Waals surface area contributed by atoms with E-state index in [1.54, 1.807) is 36.4 Å². The van der Waals surface area contributed by atoms with E-state index in [1.807, 2.05) is 44.2 Å². The van der Waals surface area contributed by atoms with Gasteiger partial charge in [-0.15, -0.1) is 11.6 Å². The molecule has 0 aliphatic carbocycles. The van der Waals surface area contributed by atoms with Crippen LogP contribution in [0.25, 0.3) is 11.1 Å². The van der Waals surface area contributed by atoms with Crippen LogP contribution < -0.4 is 9.47 Å². The fraction of sp³-hybridized carbons (Fsp3) is 0.344. The average Bonchev–Trinajstić information content (AvgIpc) is 2.93. The quantitative estimate of drug-likeness (QED) is 0.102. The van der Waals surface area contributed by atoms with Crippen LogP contribution in [0.3, 0.4) is 0 Å². The first-order chi connectivity index (χ1) is 18.3. The molecule has 0 radical (unpaired) electrons. The Morgan fingerprint density at radius 3 is 1.97 bits per heavy atom. The molecule has 0 aromatic heterocycles. The number of carbonyl (C=O) groups excluding carboxylic acids is 2. The summed E-state index contributed by atoms with van der Waals surface area (Å²) in [5.74, 6) is -0.165. The molecule has 3 aromatic carbocycles. The highest BCUT2D eigenvalue weighted by Gasteiger charge is 2.21. The number of rotatable bonds is 12. The lowest BCUT2D eigenvalue weighted by atomic mass is 9.99.